The first kappa shape index (κ1) is 10.7. The summed E-state index contributed by atoms with van der Waals surface area (Å²) in [6.07, 6.45) is 2.77. The zero-order chi connectivity index (χ0) is 10.5. The molecule has 2 heteroatoms. The Morgan fingerprint density at radius 3 is 2.73 bits per heavy atom. The quantitative estimate of drug-likeness (QED) is 0.818. The number of methoxy groups -OCH3 is 1. The van der Waals surface area contributed by atoms with E-state index in [1.54, 1.807) is 0 Å². The lowest BCUT2D eigenvalue weighted by Gasteiger charge is -2.30. The van der Waals surface area contributed by atoms with Crippen LogP contribution in [-0.4, -0.2) is 20.2 Å². The van der Waals surface area contributed by atoms with Crippen LogP contribution in [0, 0.1) is 5.92 Å². The van der Waals surface area contributed by atoms with Gasteiger partial charge in [0.2, 0.25) is 0 Å². The number of rotatable bonds is 3. The molecule has 0 unspecified atom stereocenters. The third-order valence-electron chi connectivity index (χ3n) is 3.15. The van der Waals surface area contributed by atoms with Crippen molar-refractivity contribution < 1.29 is 4.74 Å². The van der Waals surface area contributed by atoms with E-state index in [0.29, 0.717) is 5.92 Å². The number of benzene rings is 1. The van der Waals surface area contributed by atoms with Crippen molar-refractivity contribution in [3.63, 3.8) is 0 Å². The topological polar surface area (TPSA) is 21.3 Å². The van der Waals surface area contributed by atoms with Crippen molar-refractivity contribution in [2.45, 2.75) is 18.9 Å². The maximum Gasteiger partial charge on any atom is 0.0861 e. The van der Waals surface area contributed by atoms with Crippen molar-refractivity contribution in [2.75, 3.05) is 20.2 Å². The summed E-state index contributed by atoms with van der Waals surface area (Å²) < 4.78 is 5.64. The fourth-order valence-corrected chi connectivity index (χ4v) is 2.38. The third kappa shape index (κ3) is 2.58. The molecule has 1 N–H and O–H groups in total. The van der Waals surface area contributed by atoms with Crippen LogP contribution in [0.2, 0.25) is 0 Å². The van der Waals surface area contributed by atoms with E-state index < -0.39 is 0 Å². The molecular weight excluding hydrogens is 186 g/mol. The first-order valence-corrected chi connectivity index (χ1v) is 5.70. The molecule has 1 aliphatic heterocycles. The molecule has 0 bridgehead atoms. The summed E-state index contributed by atoms with van der Waals surface area (Å²) in [5, 5.41) is 3.44. The zero-order valence-corrected chi connectivity index (χ0v) is 9.28. The van der Waals surface area contributed by atoms with Gasteiger partial charge >= 0.3 is 0 Å². The molecule has 0 amide bonds. The zero-order valence-electron chi connectivity index (χ0n) is 9.28. The van der Waals surface area contributed by atoms with E-state index in [1.807, 2.05) is 7.11 Å². The molecule has 1 aromatic carbocycles. The summed E-state index contributed by atoms with van der Waals surface area (Å²) in [7, 11) is 1.81. The monoisotopic (exact) mass is 205 g/mol. The number of hydrogen-bond acceptors (Lipinski definition) is 2. The molecule has 2 rings (SSSR count). The van der Waals surface area contributed by atoms with Gasteiger partial charge in [0.25, 0.3) is 0 Å². The van der Waals surface area contributed by atoms with Crippen molar-refractivity contribution in [3.8, 4) is 0 Å². The fraction of sp³-hybridized carbons (Fsp3) is 0.538. The summed E-state index contributed by atoms with van der Waals surface area (Å²) in [4.78, 5) is 0. The van der Waals surface area contributed by atoms with Gasteiger partial charge in [-0.25, -0.2) is 0 Å². The molecule has 1 saturated heterocycles. The molecule has 82 valence electrons. The highest BCUT2D eigenvalue weighted by molar-refractivity contribution is 5.18. The van der Waals surface area contributed by atoms with E-state index in [9.17, 15) is 0 Å². The summed E-state index contributed by atoms with van der Waals surface area (Å²) in [6.45, 7) is 2.23. The minimum absolute atomic E-state index is 0.249. The van der Waals surface area contributed by atoms with Gasteiger partial charge in [-0.05, 0) is 24.9 Å². The van der Waals surface area contributed by atoms with Crippen molar-refractivity contribution >= 4 is 0 Å². The maximum atomic E-state index is 5.64. The van der Waals surface area contributed by atoms with E-state index >= 15 is 0 Å². The predicted molar refractivity (Wildman–Crippen MR) is 61.8 cm³/mol. The summed E-state index contributed by atoms with van der Waals surface area (Å²) in [5.74, 6) is 0.617. The molecule has 15 heavy (non-hydrogen) atoms. The molecule has 0 saturated carbocycles. The fourth-order valence-electron chi connectivity index (χ4n) is 2.38. The maximum absolute atomic E-state index is 5.64. The molecule has 0 aliphatic carbocycles. The minimum atomic E-state index is 0.249. The van der Waals surface area contributed by atoms with Crippen LogP contribution in [0.4, 0.5) is 0 Å². The van der Waals surface area contributed by atoms with Gasteiger partial charge < -0.3 is 10.1 Å². The first-order chi connectivity index (χ1) is 7.42. The van der Waals surface area contributed by atoms with Gasteiger partial charge in [0.1, 0.15) is 0 Å². The second-order valence-corrected chi connectivity index (χ2v) is 4.17. The van der Waals surface area contributed by atoms with Crippen LogP contribution in [0.1, 0.15) is 24.5 Å². The Labute approximate surface area is 91.6 Å². The molecule has 0 spiro atoms. The Kier molecular flexibility index (Phi) is 3.75. The van der Waals surface area contributed by atoms with Crippen LogP contribution in [0.25, 0.3) is 0 Å². The Morgan fingerprint density at radius 1 is 1.33 bits per heavy atom. The Hall–Kier alpha value is -0.860. The van der Waals surface area contributed by atoms with Gasteiger partial charge in [0.05, 0.1) is 6.10 Å². The lowest BCUT2D eigenvalue weighted by atomic mass is 9.89. The normalized spacial score (nSPS) is 23.7. The van der Waals surface area contributed by atoms with Gasteiger partial charge in [0, 0.05) is 19.6 Å². The standard InChI is InChI=1S/C13H19NO/c1-15-13(11-6-3-2-4-7-11)12-8-5-9-14-10-12/h2-4,6-7,12-14H,5,8-10H2,1H3/t12-,13+/m1/s1. The van der Waals surface area contributed by atoms with Crippen molar-refractivity contribution in [1.29, 1.82) is 0 Å². The van der Waals surface area contributed by atoms with Crippen LogP contribution in [0.15, 0.2) is 30.3 Å². The van der Waals surface area contributed by atoms with Gasteiger partial charge in [0.15, 0.2) is 0 Å². The molecular formula is C13H19NO. The highest BCUT2D eigenvalue weighted by atomic mass is 16.5. The Bertz CT molecular complexity index is 280. The smallest absolute Gasteiger partial charge is 0.0861 e. The summed E-state index contributed by atoms with van der Waals surface area (Å²) in [6, 6.07) is 10.5. The highest BCUT2D eigenvalue weighted by Gasteiger charge is 2.24. The number of nitrogens with one attached hydrogen (secondary N) is 1. The number of piperidine rings is 1. The summed E-state index contributed by atoms with van der Waals surface area (Å²) in [5.41, 5.74) is 1.30. The van der Waals surface area contributed by atoms with Crippen LogP contribution >= 0.6 is 0 Å². The van der Waals surface area contributed by atoms with Crippen LogP contribution in [0.5, 0.6) is 0 Å². The molecule has 2 nitrogen and oxygen atoms in total. The third-order valence-corrected chi connectivity index (χ3v) is 3.15. The summed E-state index contributed by atoms with van der Waals surface area (Å²) >= 11 is 0. The van der Waals surface area contributed by atoms with E-state index in [2.05, 4.69) is 35.6 Å². The van der Waals surface area contributed by atoms with Crippen LogP contribution in [0.3, 0.4) is 0 Å². The predicted octanol–water partition coefficient (Wildman–Crippen LogP) is 2.37. The minimum Gasteiger partial charge on any atom is -0.376 e. The van der Waals surface area contributed by atoms with Gasteiger partial charge in [-0.2, -0.15) is 0 Å². The van der Waals surface area contributed by atoms with Crippen molar-refractivity contribution in [3.05, 3.63) is 35.9 Å². The molecule has 1 heterocycles. The SMILES string of the molecule is CO[C@@H](c1ccccc1)[C@@H]1CCCNC1. The van der Waals surface area contributed by atoms with Crippen molar-refractivity contribution in [1.82, 2.24) is 5.32 Å². The average molecular weight is 205 g/mol. The first-order valence-electron chi connectivity index (χ1n) is 5.70. The second kappa shape index (κ2) is 5.29. The van der Waals surface area contributed by atoms with Crippen LogP contribution < -0.4 is 5.32 Å². The van der Waals surface area contributed by atoms with Gasteiger partial charge in [-0.3, -0.25) is 0 Å². The van der Waals surface area contributed by atoms with E-state index in [1.165, 1.54) is 18.4 Å². The molecule has 2 atom stereocenters. The lowest BCUT2D eigenvalue weighted by molar-refractivity contribution is 0.0409. The van der Waals surface area contributed by atoms with Gasteiger partial charge in [-0.1, -0.05) is 30.3 Å². The van der Waals surface area contributed by atoms with E-state index in [4.69, 9.17) is 4.74 Å². The van der Waals surface area contributed by atoms with E-state index in [-0.39, 0.29) is 6.10 Å². The average Bonchev–Trinajstić information content (AvgIpc) is 2.33. The molecule has 1 aliphatic rings. The molecule has 0 aromatic heterocycles. The lowest BCUT2D eigenvalue weighted by Crippen LogP contribution is -2.33. The number of ether oxygens (including phenoxy) is 1. The van der Waals surface area contributed by atoms with Crippen molar-refractivity contribution in [2.24, 2.45) is 5.92 Å². The molecule has 0 radical (unpaired) electrons. The Balaban J connectivity index is 2.09. The number of hydrogen-bond donors (Lipinski definition) is 1. The Morgan fingerprint density at radius 2 is 2.13 bits per heavy atom. The molecule has 1 aromatic rings. The second-order valence-electron chi connectivity index (χ2n) is 4.17. The van der Waals surface area contributed by atoms with Gasteiger partial charge in [-0.15, -0.1) is 0 Å². The highest BCUT2D eigenvalue weighted by Crippen LogP contribution is 2.29. The van der Waals surface area contributed by atoms with Crippen LogP contribution in [-0.2, 0) is 4.74 Å². The molecule has 1 fully saturated rings. The largest absolute Gasteiger partial charge is 0.376 e. The van der Waals surface area contributed by atoms with E-state index in [0.717, 1.165) is 13.1 Å².